The third-order valence-electron chi connectivity index (χ3n) is 6.66. The summed E-state index contributed by atoms with van der Waals surface area (Å²) in [6.07, 6.45) is -4.66. The maximum atomic E-state index is 14.9. The number of hydroxylamine groups is 1. The van der Waals surface area contributed by atoms with Crippen molar-refractivity contribution in [3.8, 4) is 0 Å². The van der Waals surface area contributed by atoms with Crippen LogP contribution in [0, 0.1) is 5.82 Å². The summed E-state index contributed by atoms with van der Waals surface area (Å²) in [7, 11) is 0. The summed E-state index contributed by atoms with van der Waals surface area (Å²) in [5.41, 5.74) is -0.0855. The smallest absolute Gasteiger partial charge is 0.327 e. The molecule has 3 aromatic carbocycles. The van der Waals surface area contributed by atoms with Crippen molar-refractivity contribution in [2.75, 3.05) is 24.5 Å². The molecule has 2 aliphatic rings. The molecule has 3 aromatic rings. The van der Waals surface area contributed by atoms with Gasteiger partial charge >= 0.3 is 12.1 Å². The number of alkyl halides is 3. The number of nitrogens with zero attached hydrogens (tertiary/aromatic N) is 4. The number of anilines is 1. The van der Waals surface area contributed by atoms with Gasteiger partial charge in [-0.2, -0.15) is 13.2 Å². The molecule has 0 radical (unpaired) electrons. The minimum atomic E-state index is -5.39. The van der Waals surface area contributed by atoms with Gasteiger partial charge in [-0.25, -0.2) is 14.0 Å². The van der Waals surface area contributed by atoms with Gasteiger partial charge in [-0.3, -0.25) is 14.4 Å². The van der Waals surface area contributed by atoms with Gasteiger partial charge in [0, 0.05) is 40.2 Å². The Morgan fingerprint density at radius 3 is 2.48 bits per heavy atom. The van der Waals surface area contributed by atoms with Crippen molar-refractivity contribution in [3.05, 3.63) is 94.3 Å². The lowest BCUT2D eigenvalue weighted by Crippen LogP contribution is -2.52. The number of hydrogen-bond donors (Lipinski definition) is 0. The average Bonchev–Trinajstić information content (AvgIpc) is 2.95. The van der Waals surface area contributed by atoms with E-state index in [0.717, 1.165) is 23.2 Å². The van der Waals surface area contributed by atoms with Crippen LogP contribution in [0.1, 0.15) is 26.3 Å². The van der Waals surface area contributed by atoms with Crippen LogP contribution in [0.5, 0.6) is 0 Å². The fraction of sp³-hybridized carbons (Fsp3) is 0.179. The molecule has 0 saturated carbocycles. The van der Waals surface area contributed by atoms with Crippen molar-refractivity contribution < 1.29 is 41.6 Å². The van der Waals surface area contributed by atoms with E-state index in [2.05, 4.69) is 5.10 Å². The molecule has 0 aromatic heterocycles. The molecule has 0 bridgehead atoms. The van der Waals surface area contributed by atoms with E-state index < -0.39 is 52.4 Å². The molecule has 2 aliphatic heterocycles. The summed E-state index contributed by atoms with van der Waals surface area (Å²) in [5, 5.41) is 4.26. The Kier molecular flexibility index (Phi) is 7.56. The number of halogens is 5. The Labute approximate surface area is 240 Å². The van der Waals surface area contributed by atoms with Crippen molar-refractivity contribution in [2.24, 2.45) is 5.10 Å². The summed E-state index contributed by atoms with van der Waals surface area (Å²) in [6.45, 7) is -0.814. The minimum absolute atomic E-state index is 0.0555. The second kappa shape index (κ2) is 11.0. The molecular weight excluding hydrogens is 584 g/mol. The Hall–Kier alpha value is -4.62. The quantitative estimate of drug-likeness (QED) is 0.312. The van der Waals surface area contributed by atoms with Crippen molar-refractivity contribution in [1.29, 1.82) is 0 Å². The van der Waals surface area contributed by atoms with Crippen molar-refractivity contribution in [3.63, 3.8) is 0 Å². The van der Waals surface area contributed by atoms with Gasteiger partial charge in [0.05, 0.1) is 11.1 Å². The molecule has 0 N–H and O–H groups in total. The van der Waals surface area contributed by atoms with Crippen LogP contribution in [0.4, 0.5) is 28.9 Å². The summed E-state index contributed by atoms with van der Waals surface area (Å²) in [6, 6.07) is 15.3. The SMILES string of the molecule is O=C1C=N[N+](Cc2ccc(F)c(C(=O)N3CCN(c4cccc(Cl)c4)C(=O)C3)c2)(OC(=O)C(F)(F)F)c2ccccc21. The molecule has 2 amide bonds. The van der Waals surface area contributed by atoms with E-state index in [1.807, 2.05) is 0 Å². The second-order valence-electron chi connectivity index (χ2n) is 9.43. The predicted molar refractivity (Wildman–Crippen MR) is 143 cm³/mol. The third-order valence-corrected chi connectivity index (χ3v) is 6.89. The van der Waals surface area contributed by atoms with Crippen LogP contribution in [-0.2, 0) is 21.0 Å². The fourth-order valence-electron chi connectivity index (χ4n) is 4.70. The first-order valence-electron chi connectivity index (χ1n) is 12.4. The van der Waals surface area contributed by atoms with E-state index in [4.69, 9.17) is 16.4 Å². The number of ketones is 1. The predicted octanol–water partition coefficient (Wildman–Crippen LogP) is 4.68. The molecule has 0 aliphatic carbocycles. The van der Waals surface area contributed by atoms with Gasteiger partial charge in [-0.05, 0) is 41.5 Å². The highest BCUT2D eigenvalue weighted by Gasteiger charge is 2.52. The number of hydrogen-bond acceptors (Lipinski definition) is 6. The van der Waals surface area contributed by atoms with Crippen LogP contribution in [0.15, 0.2) is 71.8 Å². The lowest BCUT2D eigenvalue weighted by molar-refractivity contribution is -0.237. The van der Waals surface area contributed by atoms with E-state index in [-0.39, 0.29) is 36.4 Å². The van der Waals surface area contributed by atoms with Crippen molar-refractivity contribution >= 4 is 52.8 Å². The number of fused-ring (bicyclic) bond motifs is 1. The largest absolute Gasteiger partial charge is 0.497 e. The zero-order valence-corrected chi connectivity index (χ0v) is 22.2. The van der Waals surface area contributed by atoms with E-state index in [1.54, 1.807) is 24.3 Å². The van der Waals surface area contributed by atoms with Gasteiger partial charge in [0.15, 0.2) is 6.54 Å². The Bertz CT molecular complexity index is 1650. The normalized spacial score (nSPS) is 18.6. The summed E-state index contributed by atoms with van der Waals surface area (Å²) in [4.78, 5) is 57.9. The number of para-hydroxylation sites is 1. The number of carbonyl (C=O) groups excluding carboxylic acids is 4. The highest BCUT2D eigenvalue weighted by atomic mass is 35.5. The van der Waals surface area contributed by atoms with Crippen LogP contribution in [-0.4, -0.2) is 60.5 Å². The maximum absolute atomic E-state index is 14.9. The van der Waals surface area contributed by atoms with Crippen LogP contribution in [0.3, 0.4) is 0 Å². The number of piperazine rings is 1. The molecule has 1 atom stereocenters. The first-order valence-corrected chi connectivity index (χ1v) is 12.8. The summed E-state index contributed by atoms with van der Waals surface area (Å²) in [5.74, 6) is -5.40. The fourth-order valence-corrected chi connectivity index (χ4v) is 4.88. The summed E-state index contributed by atoms with van der Waals surface area (Å²) >= 11 is 6.01. The Morgan fingerprint density at radius 1 is 1.00 bits per heavy atom. The van der Waals surface area contributed by atoms with E-state index in [9.17, 15) is 36.7 Å². The molecule has 5 rings (SSSR count). The molecule has 1 unspecified atom stereocenters. The molecule has 216 valence electrons. The van der Waals surface area contributed by atoms with E-state index >= 15 is 0 Å². The molecule has 0 spiro atoms. The number of quaternary nitrogens is 1. The number of Topliss-reactive ketones (excluding diaryl/α,β-unsaturated/α-hetero) is 1. The van der Waals surface area contributed by atoms with E-state index in [0.29, 0.717) is 10.7 Å². The number of amides is 2. The standard InChI is InChI=1S/C28H20ClF4N4O5/c29-18-4-3-5-19(13-18)36-11-10-35(15-25(36)39)26(40)21-12-17(8-9-22(21)30)16-37(42-27(41)28(31,32)33)23-7-2-1-6-20(23)24(38)14-34-37/h1-9,12-14H,10-11,15-16H2/q+1. The molecule has 9 nitrogen and oxygen atoms in total. The monoisotopic (exact) mass is 603 g/mol. The van der Waals surface area contributed by atoms with E-state index in [1.165, 1.54) is 35.2 Å². The first-order chi connectivity index (χ1) is 19.9. The average molecular weight is 604 g/mol. The highest BCUT2D eigenvalue weighted by Crippen LogP contribution is 2.36. The molecular formula is C28H20ClF4N4O5+. The number of carbonyl (C=O) groups is 4. The zero-order valence-electron chi connectivity index (χ0n) is 21.5. The van der Waals surface area contributed by atoms with Gasteiger partial charge in [0.25, 0.3) is 5.91 Å². The van der Waals surface area contributed by atoms with Gasteiger partial charge in [0.1, 0.15) is 18.6 Å². The lowest BCUT2D eigenvalue weighted by atomic mass is 10.0. The molecule has 1 saturated heterocycles. The van der Waals surface area contributed by atoms with Crippen LogP contribution in [0.25, 0.3) is 0 Å². The van der Waals surface area contributed by atoms with Crippen LogP contribution in [0.2, 0.25) is 5.02 Å². The second-order valence-corrected chi connectivity index (χ2v) is 9.86. The zero-order chi connectivity index (χ0) is 30.2. The summed E-state index contributed by atoms with van der Waals surface area (Å²) < 4.78 is 53.2. The van der Waals surface area contributed by atoms with Gasteiger partial charge in [0.2, 0.25) is 17.4 Å². The lowest BCUT2D eigenvalue weighted by Gasteiger charge is -2.34. The number of rotatable bonds is 5. The number of benzene rings is 3. The highest BCUT2D eigenvalue weighted by molar-refractivity contribution is 6.37. The first kappa shape index (κ1) is 28.9. The van der Waals surface area contributed by atoms with Gasteiger partial charge in [-0.15, -0.1) is 0 Å². The molecule has 2 heterocycles. The Balaban J connectivity index is 1.44. The minimum Gasteiger partial charge on any atom is -0.327 e. The topological polar surface area (TPSA) is 96.4 Å². The van der Waals surface area contributed by atoms with Crippen LogP contribution < -0.4 is 9.66 Å². The van der Waals surface area contributed by atoms with Crippen molar-refractivity contribution in [1.82, 2.24) is 9.66 Å². The van der Waals surface area contributed by atoms with Crippen LogP contribution >= 0.6 is 11.6 Å². The van der Waals surface area contributed by atoms with Gasteiger partial charge in [-0.1, -0.05) is 35.9 Å². The Morgan fingerprint density at radius 2 is 1.76 bits per heavy atom. The maximum Gasteiger partial charge on any atom is 0.497 e. The molecule has 1 fully saturated rings. The third kappa shape index (κ3) is 5.60. The van der Waals surface area contributed by atoms with Crippen molar-refractivity contribution in [2.45, 2.75) is 12.7 Å². The molecule has 42 heavy (non-hydrogen) atoms. The molecule has 14 heteroatoms. The van der Waals surface area contributed by atoms with Gasteiger partial charge < -0.3 is 9.80 Å².